The summed E-state index contributed by atoms with van der Waals surface area (Å²) in [6.45, 7) is 0.302. The number of carbonyl (C=O) groups is 1. The van der Waals surface area contributed by atoms with Crippen LogP contribution in [-0.2, 0) is 6.54 Å². The van der Waals surface area contributed by atoms with Crippen LogP contribution in [0, 0.1) is 0 Å². The lowest BCUT2D eigenvalue weighted by atomic mass is 9.96. The largest absolute Gasteiger partial charge is 0.436 e. The maximum absolute atomic E-state index is 12.6. The van der Waals surface area contributed by atoms with Gasteiger partial charge in [-0.15, -0.1) is 0 Å². The highest BCUT2D eigenvalue weighted by Crippen LogP contribution is 2.27. The van der Waals surface area contributed by atoms with Gasteiger partial charge in [-0.2, -0.15) is 10.1 Å². The van der Waals surface area contributed by atoms with E-state index in [0.717, 1.165) is 16.7 Å². The Morgan fingerprint density at radius 2 is 1.78 bits per heavy atom. The van der Waals surface area contributed by atoms with Crippen LogP contribution in [0.4, 0.5) is 10.5 Å². The van der Waals surface area contributed by atoms with Crippen molar-refractivity contribution >= 4 is 29.1 Å². The number of rotatable bonds is 2. The summed E-state index contributed by atoms with van der Waals surface area (Å²) in [6.07, 6.45) is -0.547. The smallest absolute Gasteiger partial charge is 0.409 e. The Morgan fingerprint density at radius 3 is 2.52 bits per heavy atom. The molecule has 0 saturated heterocycles. The maximum Gasteiger partial charge on any atom is 0.436 e. The summed E-state index contributed by atoms with van der Waals surface area (Å²) in [4.78, 5) is 12.6. The lowest BCUT2D eigenvalue weighted by molar-refractivity contribution is 0.150. The number of halogens is 1. The molecule has 0 aliphatic carbocycles. The van der Waals surface area contributed by atoms with Crippen LogP contribution in [-0.4, -0.2) is 16.8 Å². The van der Waals surface area contributed by atoms with E-state index in [4.69, 9.17) is 22.1 Å². The standard InChI is InChI=1S/C21H16ClN3O2/c22-16-9-6-15-13-25(21(26)27-18-4-2-1-3-5-18)24-20(19(15)12-16)14-7-10-17(23)11-8-14/h1-12H,13,23H2. The van der Waals surface area contributed by atoms with Gasteiger partial charge in [0.15, 0.2) is 0 Å². The normalized spacial score (nSPS) is 12.9. The Bertz CT molecular complexity index is 1020. The van der Waals surface area contributed by atoms with Crippen LogP contribution in [0.15, 0.2) is 77.9 Å². The Morgan fingerprint density at radius 1 is 1.04 bits per heavy atom. The molecule has 3 aromatic carbocycles. The van der Waals surface area contributed by atoms with Gasteiger partial charge in [-0.1, -0.05) is 48.0 Å². The van der Waals surface area contributed by atoms with E-state index < -0.39 is 6.09 Å². The highest BCUT2D eigenvalue weighted by Gasteiger charge is 2.26. The lowest BCUT2D eigenvalue weighted by Gasteiger charge is -2.25. The summed E-state index contributed by atoms with van der Waals surface area (Å²) in [7, 11) is 0. The van der Waals surface area contributed by atoms with Crippen molar-refractivity contribution in [2.45, 2.75) is 6.54 Å². The van der Waals surface area contributed by atoms with E-state index in [9.17, 15) is 4.79 Å². The minimum Gasteiger partial charge on any atom is -0.409 e. The predicted molar refractivity (Wildman–Crippen MR) is 106 cm³/mol. The van der Waals surface area contributed by atoms with Gasteiger partial charge in [0, 0.05) is 21.8 Å². The average Bonchev–Trinajstić information content (AvgIpc) is 2.68. The van der Waals surface area contributed by atoms with Crippen LogP contribution in [0.5, 0.6) is 5.75 Å². The Hall–Kier alpha value is -3.31. The molecule has 134 valence electrons. The maximum atomic E-state index is 12.6. The van der Waals surface area contributed by atoms with Gasteiger partial charge in [-0.05, 0) is 42.0 Å². The van der Waals surface area contributed by atoms with Crippen molar-refractivity contribution in [2.24, 2.45) is 5.10 Å². The summed E-state index contributed by atoms with van der Waals surface area (Å²) in [6, 6.07) is 21.8. The van der Waals surface area contributed by atoms with Crippen LogP contribution in [0.2, 0.25) is 5.02 Å². The van der Waals surface area contributed by atoms with Gasteiger partial charge in [0.25, 0.3) is 0 Å². The SMILES string of the molecule is Nc1ccc(C2=NN(C(=O)Oc3ccccc3)Cc3ccc(Cl)cc32)cc1. The van der Waals surface area contributed by atoms with Crippen molar-refractivity contribution in [1.29, 1.82) is 0 Å². The summed E-state index contributed by atoms with van der Waals surface area (Å²) < 4.78 is 5.43. The number of amides is 1. The second-order valence-corrected chi connectivity index (χ2v) is 6.55. The number of nitrogen functional groups attached to an aromatic ring is 1. The molecule has 0 aromatic heterocycles. The second-order valence-electron chi connectivity index (χ2n) is 6.11. The van der Waals surface area contributed by atoms with Crippen LogP contribution >= 0.6 is 11.6 Å². The molecule has 5 nitrogen and oxygen atoms in total. The first-order chi connectivity index (χ1) is 13.1. The van der Waals surface area contributed by atoms with Gasteiger partial charge in [-0.3, -0.25) is 0 Å². The fraction of sp³-hybridized carbons (Fsp3) is 0.0476. The Kier molecular flexibility index (Phi) is 4.52. The first-order valence-corrected chi connectivity index (χ1v) is 8.76. The molecule has 3 aromatic rings. The molecular formula is C21H16ClN3O2. The lowest BCUT2D eigenvalue weighted by Crippen LogP contribution is -2.33. The van der Waals surface area contributed by atoms with Crippen molar-refractivity contribution in [2.75, 3.05) is 5.73 Å². The molecule has 0 unspecified atom stereocenters. The number of nitrogens with zero attached hydrogens (tertiary/aromatic N) is 2. The van der Waals surface area contributed by atoms with Gasteiger partial charge in [0.1, 0.15) is 5.75 Å². The predicted octanol–water partition coefficient (Wildman–Crippen LogP) is 4.69. The minimum absolute atomic E-state index is 0.302. The van der Waals surface area contributed by atoms with Gasteiger partial charge >= 0.3 is 6.09 Å². The molecule has 2 N–H and O–H groups in total. The zero-order chi connectivity index (χ0) is 18.8. The van der Waals surface area contributed by atoms with Gasteiger partial charge in [0.05, 0.1) is 12.3 Å². The van der Waals surface area contributed by atoms with E-state index in [1.807, 2.05) is 30.3 Å². The third kappa shape index (κ3) is 3.64. The molecule has 0 fully saturated rings. The number of hydrazone groups is 1. The molecule has 4 rings (SSSR count). The molecule has 6 heteroatoms. The summed E-state index contributed by atoms with van der Waals surface area (Å²) in [5.74, 6) is 0.466. The fourth-order valence-electron chi connectivity index (χ4n) is 2.88. The minimum atomic E-state index is -0.547. The third-order valence-corrected chi connectivity index (χ3v) is 4.45. The molecule has 1 amide bonds. The first-order valence-electron chi connectivity index (χ1n) is 8.38. The number of benzene rings is 3. The number of ether oxygens (including phenoxy) is 1. The third-order valence-electron chi connectivity index (χ3n) is 4.21. The quantitative estimate of drug-likeness (QED) is 0.659. The highest BCUT2D eigenvalue weighted by molar-refractivity contribution is 6.31. The molecule has 1 aliphatic rings. The van der Waals surface area contributed by atoms with Crippen molar-refractivity contribution in [1.82, 2.24) is 5.01 Å². The molecular weight excluding hydrogens is 362 g/mol. The molecule has 0 atom stereocenters. The molecule has 0 saturated carbocycles. The van der Waals surface area contributed by atoms with Gasteiger partial charge < -0.3 is 10.5 Å². The van der Waals surface area contributed by atoms with E-state index in [-0.39, 0.29) is 0 Å². The van der Waals surface area contributed by atoms with Crippen LogP contribution in [0.25, 0.3) is 0 Å². The number of fused-ring (bicyclic) bond motifs is 1. The number of hydrogen-bond acceptors (Lipinski definition) is 4. The van der Waals surface area contributed by atoms with Crippen LogP contribution in [0.1, 0.15) is 16.7 Å². The Labute approximate surface area is 161 Å². The molecule has 0 bridgehead atoms. The highest BCUT2D eigenvalue weighted by atomic mass is 35.5. The van der Waals surface area contributed by atoms with E-state index in [0.29, 0.717) is 28.7 Å². The van der Waals surface area contributed by atoms with Crippen molar-refractivity contribution in [3.63, 3.8) is 0 Å². The zero-order valence-corrected chi connectivity index (χ0v) is 15.1. The zero-order valence-electron chi connectivity index (χ0n) is 14.3. The fourth-order valence-corrected chi connectivity index (χ4v) is 3.05. The van der Waals surface area contributed by atoms with E-state index in [1.165, 1.54) is 5.01 Å². The monoisotopic (exact) mass is 377 g/mol. The van der Waals surface area contributed by atoms with E-state index in [2.05, 4.69) is 5.10 Å². The molecule has 1 aliphatic heterocycles. The number of carbonyl (C=O) groups excluding carboxylic acids is 1. The van der Waals surface area contributed by atoms with Gasteiger partial charge in [0.2, 0.25) is 0 Å². The van der Waals surface area contributed by atoms with Crippen molar-refractivity contribution in [3.8, 4) is 5.75 Å². The Balaban J connectivity index is 1.72. The van der Waals surface area contributed by atoms with Crippen molar-refractivity contribution < 1.29 is 9.53 Å². The van der Waals surface area contributed by atoms with E-state index in [1.54, 1.807) is 42.5 Å². The topological polar surface area (TPSA) is 67.9 Å². The summed E-state index contributed by atoms with van der Waals surface area (Å²) in [5.41, 5.74) is 9.75. The molecule has 1 heterocycles. The molecule has 0 radical (unpaired) electrons. The number of para-hydroxylation sites is 1. The van der Waals surface area contributed by atoms with Crippen molar-refractivity contribution in [3.05, 3.63) is 94.5 Å². The molecule has 0 spiro atoms. The number of nitrogens with two attached hydrogens (primary N) is 1. The van der Waals surface area contributed by atoms with Gasteiger partial charge in [-0.25, -0.2) is 4.79 Å². The average molecular weight is 378 g/mol. The van der Waals surface area contributed by atoms with Crippen LogP contribution < -0.4 is 10.5 Å². The summed E-state index contributed by atoms with van der Waals surface area (Å²) in [5, 5.41) is 6.46. The first kappa shape index (κ1) is 17.1. The second kappa shape index (κ2) is 7.13. The van der Waals surface area contributed by atoms with E-state index >= 15 is 0 Å². The van der Waals surface area contributed by atoms with Crippen LogP contribution in [0.3, 0.4) is 0 Å². The number of hydrogen-bond donors (Lipinski definition) is 1. The summed E-state index contributed by atoms with van der Waals surface area (Å²) >= 11 is 6.18. The molecule has 27 heavy (non-hydrogen) atoms. The number of anilines is 1.